The molecule has 2 rings (SSSR count). The number of nitrogens with zero attached hydrogens (tertiary/aromatic N) is 3. The van der Waals surface area contributed by atoms with Crippen molar-refractivity contribution in [3.63, 3.8) is 0 Å². The van der Waals surface area contributed by atoms with Crippen LogP contribution in [0, 0.1) is 13.8 Å². The molecule has 0 spiro atoms. The molecule has 2 N–H and O–H groups in total. The fraction of sp³-hybridized carbons (Fsp3) is 0.231. The summed E-state index contributed by atoms with van der Waals surface area (Å²) in [7, 11) is 0. The maximum Gasteiger partial charge on any atom is 0.115 e. The molecule has 4 nitrogen and oxygen atoms in total. The second-order valence-electron chi connectivity index (χ2n) is 4.21. The maximum absolute atomic E-state index is 6.27. The molecule has 2 aromatic rings. The van der Waals surface area contributed by atoms with Crippen LogP contribution in [0.5, 0.6) is 0 Å². The van der Waals surface area contributed by atoms with Crippen LogP contribution in [0.25, 0.3) is 5.69 Å². The molecule has 6 heteroatoms. The molecule has 0 amide bonds. The van der Waals surface area contributed by atoms with Crippen molar-refractivity contribution in [3.8, 4) is 5.69 Å². The van der Waals surface area contributed by atoms with Gasteiger partial charge in [0, 0.05) is 5.69 Å². The zero-order chi connectivity index (χ0) is 14.0. The van der Waals surface area contributed by atoms with Gasteiger partial charge in [-0.25, -0.2) is 9.67 Å². The van der Waals surface area contributed by atoms with E-state index in [4.69, 9.17) is 28.9 Å². The average molecular weight is 297 g/mol. The standard InChI is InChI=1S/C13H14Cl2N4/c1-8-5-9(2)19(18-8)12-4-3-10(6-11(12)15)17-13(16)7-14/h3-6H,7H2,1-2H3,(H2,16,17). The molecule has 0 aliphatic carbocycles. The molecule has 1 aromatic heterocycles. The molecule has 0 saturated carbocycles. The lowest BCUT2D eigenvalue weighted by Crippen LogP contribution is -2.12. The number of rotatable bonds is 3. The Morgan fingerprint density at radius 2 is 2.11 bits per heavy atom. The van der Waals surface area contributed by atoms with Gasteiger partial charge >= 0.3 is 0 Å². The van der Waals surface area contributed by atoms with Gasteiger partial charge in [0.2, 0.25) is 0 Å². The molecule has 100 valence electrons. The van der Waals surface area contributed by atoms with E-state index in [0.29, 0.717) is 16.5 Å². The van der Waals surface area contributed by atoms with Crippen molar-refractivity contribution in [1.82, 2.24) is 9.78 Å². The lowest BCUT2D eigenvalue weighted by molar-refractivity contribution is 0.834. The summed E-state index contributed by atoms with van der Waals surface area (Å²) in [4.78, 5) is 4.15. The van der Waals surface area contributed by atoms with Gasteiger partial charge in [0.1, 0.15) is 5.84 Å². The lowest BCUT2D eigenvalue weighted by atomic mass is 10.2. The van der Waals surface area contributed by atoms with Crippen molar-refractivity contribution in [1.29, 1.82) is 0 Å². The first-order valence-corrected chi connectivity index (χ1v) is 6.64. The number of aryl methyl sites for hydroxylation is 2. The van der Waals surface area contributed by atoms with E-state index in [1.165, 1.54) is 0 Å². The predicted octanol–water partition coefficient (Wildman–Crippen LogP) is 3.37. The minimum atomic E-state index is 0.191. The Morgan fingerprint density at radius 1 is 1.37 bits per heavy atom. The van der Waals surface area contributed by atoms with E-state index in [9.17, 15) is 0 Å². The van der Waals surface area contributed by atoms with E-state index in [1.807, 2.05) is 32.0 Å². The first-order valence-electron chi connectivity index (χ1n) is 5.73. The van der Waals surface area contributed by atoms with Crippen LogP contribution in [-0.2, 0) is 0 Å². The van der Waals surface area contributed by atoms with Crippen molar-refractivity contribution in [2.45, 2.75) is 13.8 Å². The van der Waals surface area contributed by atoms with Crippen molar-refractivity contribution in [3.05, 3.63) is 40.7 Å². The second-order valence-corrected chi connectivity index (χ2v) is 4.89. The molecule has 0 aliphatic heterocycles. The normalized spacial score (nSPS) is 11.9. The van der Waals surface area contributed by atoms with Gasteiger partial charge in [0.25, 0.3) is 0 Å². The Hall–Kier alpha value is -1.52. The van der Waals surface area contributed by atoms with E-state index >= 15 is 0 Å². The van der Waals surface area contributed by atoms with E-state index in [2.05, 4.69) is 10.1 Å². The molecule has 0 bridgehead atoms. The molecule has 0 saturated heterocycles. The predicted molar refractivity (Wildman–Crippen MR) is 80.1 cm³/mol. The molecule has 0 atom stereocenters. The van der Waals surface area contributed by atoms with Gasteiger partial charge in [-0.1, -0.05) is 11.6 Å². The average Bonchev–Trinajstić information content (AvgIpc) is 2.68. The van der Waals surface area contributed by atoms with Crippen molar-refractivity contribution in [2.75, 3.05) is 5.88 Å². The van der Waals surface area contributed by atoms with Gasteiger partial charge in [-0.05, 0) is 38.1 Å². The molecule has 0 radical (unpaired) electrons. The number of hydrogen-bond donors (Lipinski definition) is 1. The molecule has 0 fully saturated rings. The van der Waals surface area contributed by atoms with Crippen molar-refractivity contribution in [2.24, 2.45) is 10.7 Å². The van der Waals surface area contributed by atoms with Crippen LogP contribution in [0.1, 0.15) is 11.4 Å². The first kappa shape index (κ1) is 13.9. The third-order valence-corrected chi connectivity index (χ3v) is 3.16. The van der Waals surface area contributed by atoms with Crippen LogP contribution in [0.4, 0.5) is 5.69 Å². The van der Waals surface area contributed by atoms with Crippen molar-refractivity contribution >= 4 is 34.7 Å². The smallest absolute Gasteiger partial charge is 0.115 e. The summed E-state index contributed by atoms with van der Waals surface area (Å²) in [6, 6.07) is 7.43. The zero-order valence-corrected chi connectivity index (χ0v) is 12.2. The zero-order valence-electron chi connectivity index (χ0n) is 10.7. The molecule has 1 aromatic carbocycles. The second kappa shape index (κ2) is 5.63. The van der Waals surface area contributed by atoms with Gasteiger partial charge in [-0.15, -0.1) is 11.6 Å². The van der Waals surface area contributed by atoms with E-state index in [-0.39, 0.29) is 5.88 Å². The molecule has 0 unspecified atom stereocenters. The highest BCUT2D eigenvalue weighted by molar-refractivity contribution is 6.32. The summed E-state index contributed by atoms with van der Waals surface area (Å²) in [6.07, 6.45) is 0. The van der Waals surface area contributed by atoms with Crippen molar-refractivity contribution < 1.29 is 0 Å². The fourth-order valence-electron chi connectivity index (χ4n) is 1.81. The number of benzene rings is 1. The summed E-state index contributed by atoms with van der Waals surface area (Å²) in [6.45, 7) is 3.92. The van der Waals surface area contributed by atoms with Gasteiger partial charge in [-0.2, -0.15) is 5.10 Å². The van der Waals surface area contributed by atoms with Gasteiger partial charge in [-0.3, -0.25) is 0 Å². The summed E-state index contributed by atoms with van der Waals surface area (Å²) in [5, 5.41) is 4.96. The number of aromatic nitrogens is 2. The summed E-state index contributed by atoms with van der Waals surface area (Å²) in [5.41, 5.74) is 9.05. The Labute approximate surface area is 121 Å². The van der Waals surface area contributed by atoms with Gasteiger partial charge < -0.3 is 5.73 Å². The number of aliphatic imine (C=N–C) groups is 1. The number of amidine groups is 1. The Kier molecular flexibility index (Phi) is 4.12. The van der Waals surface area contributed by atoms with E-state index in [1.54, 1.807) is 10.7 Å². The highest BCUT2D eigenvalue weighted by Crippen LogP contribution is 2.26. The van der Waals surface area contributed by atoms with Crippen LogP contribution in [0.3, 0.4) is 0 Å². The Balaban J connectivity index is 2.43. The third-order valence-electron chi connectivity index (χ3n) is 2.58. The van der Waals surface area contributed by atoms with E-state index in [0.717, 1.165) is 17.1 Å². The topological polar surface area (TPSA) is 56.2 Å². The molecular weight excluding hydrogens is 283 g/mol. The highest BCUT2D eigenvalue weighted by atomic mass is 35.5. The summed E-state index contributed by atoms with van der Waals surface area (Å²) < 4.78 is 1.80. The van der Waals surface area contributed by atoms with Crippen LogP contribution in [-0.4, -0.2) is 21.5 Å². The largest absolute Gasteiger partial charge is 0.386 e. The highest BCUT2D eigenvalue weighted by Gasteiger charge is 2.08. The van der Waals surface area contributed by atoms with E-state index < -0.39 is 0 Å². The maximum atomic E-state index is 6.27. The summed E-state index contributed by atoms with van der Waals surface area (Å²) in [5.74, 6) is 0.549. The number of alkyl halides is 1. The van der Waals surface area contributed by atoms with Crippen LogP contribution in [0.2, 0.25) is 5.02 Å². The third kappa shape index (κ3) is 3.08. The quantitative estimate of drug-likeness (QED) is 0.536. The number of hydrogen-bond acceptors (Lipinski definition) is 2. The minimum absolute atomic E-state index is 0.191. The molecule has 1 heterocycles. The monoisotopic (exact) mass is 296 g/mol. The molecular formula is C13H14Cl2N4. The number of halogens is 2. The van der Waals surface area contributed by atoms with Gasteiger partial charge in [0.05, 0.1) is 28.0 Å². The van der Waals surface area contributed by atoms with Crippen LogP contribution >= 0.6 is 23.2 Å². The fourth-order valence-corrected chi connectivity index (χ4v) is 2.12. The summed E-state index contributed by atoms with van der Waals surface area (Å²) >= 11 is 11.9. The molecule has 19 heavy (non-hydrogen) atoms. The van der Waals surface area contributed by atoms with Crippen LogP contribution < -0.4 is 5.73 Å². The lowest BCUT2D eigenvalue weighted by Gasteiger charge is -2.07. The molecule has 0 aliphatic rings. The Morgan fingerprint density at radius 3 is 2.63 bits per heavy atom. The first-order chi connectivity index (χ1) is 9.01. The number of nitrogens with two attached hydrogens (primary N) is 1. The van der Waals surface area contributed by atoms with Crippen LogP contribution in [0.15, 0.2) is 29.3 Å². The SMILES string of the molecule is Cc1cc(C)n(-c2ccc(N=C(N)CCl)cc2Cl)n1. The minimum Gasteiger partial charge on any atom is -0.386 e. The Bertz CT molecular complexity index is 632. The van der Waals surface area contributed by atoms with Gasteiger partial charge in [0.15, 0.2) is 0 Å².